The third kappa shape index (κ3) is 6.87. The van der Waals surface area contributed by atoms with Crippen LogP contribution in [0.4, 0.5) is 0 Å². The summed E-state index contributed by atoms with van der Waals surface area (Å²) in [6.45, 7) is 10.8. The molecule has 0 aromatic heterocycles. The van der Waals surface area contributed by atoms with Gasteiger partial charge in [-0.2, -0.15) is 0 Å². The molecule has 19 heavy (non-hydrogen) atoms. The molecule has 0 aliphatic heterocycles. The Morgan fingerprint density at radius 1 is 0.947 bits per heavy atom. The molecule has 0 saturated carbocycles. The number of unbranched alkanes of at least 4 members (excludes halogenated alkanes) is 3. The van der Waals surface area contributed by atoms with Crippen molar-refractivity contribution in [3.8, 4) is 0 Å². The van der Waals surface area contributed by atoms with Crippen LogP contribution in [-0.4, -0.2) is 25.5 Å². The fourth-order valence-corrected chi connectivity index (χ4v) is 18.5. The normalized spacial score (nSPS) is 12.5. The maximum atomic E-state index is 5.83. The predicted octanol–water partition coefficient (Wildman–Crippen LogP) is 6.09. The van der Waals surface area contributed by atoms with Crippen molar-refractivity contribution in [2.24, 2.45) is 0 Å². The molecule has 0 aromatic carbocycles. The summed E-state index contributed by atoms with van der Waals surface area (Å²) in [7, 11) is 1.87. The van der Waals surface area contributed by atoms with Gasteiger partial charge in [-0.15, -0.1) is 0 Å². The van der Waals surface area contributed by atoms with Crippen LogP contribution in [0.5, 0.6) is 0 Å². The molecule has 0 rings (SSSR count). The van der Waals surface area contributed by atoms with Crippen molar-refractivity contribution in [2.45, 2.75) is 72.6 Å². The van der Waals surface area contributed by atoms with Gasteiger partial charge in [-0.3, -0.25) is 0 Å². The number of hydrogen-bond acceptors (Lipinski definition) is 1. The number of allylic oxidation sites excluding steroid dienone is 2. The fraction of sp³-hybridized carbons (Fsp3) is 0.765. The molecule has 0 saturated heterocycles. The quantitative estimate of drug-likeness (QED) is 0.229. The summed E-state index contributed by atoms with van der Waals surface area (Å²) in [5, 5.41) is 0. The molecule has 0 bridgehead atoms. The first-order valence-corrected chi connectivity index (χ1v) is 15.6. The molecule has 0 aromatic rings. The zero-order chi connectivity index (χ0) is 14.6. The van der Waals surface area contributed by atoms with E-state index >= 15 is 0 Å². The van der Waals surface area contributed by atoms with Crippen LogP contribution in [0, 0.1) is 0 Å². The summed E-state index contributed by atoms with van der Waals surface area (Å²) < 4.78 is 11.6. The van der Waals surface area contributed by atoms with Gasteiger partial charge in [0, 0.05) is 0 Å². The summed E-state index contributed by atoms with van der Waals surface area (Å²) in [6, 6.07) is 0. The molecule has 0 aliphatic carbocycles. The summed E-state index contributed by atoms with van der Waals surface area (Å²) in [5.74, 6) is 0. The number of methoxy groups -OCH3 is 1. The van der Waals surface area contributed by atoms with Crippen molar-refractivity contribution in [3.63, 3.8) is 0 Å². The molecule has 2 heteroatoms. The van der Waals surface area contributed by atoms with E-state index in [0.29, 0.717) is 0 Å². The second-order valence-corrected chi connectivity index (χ2v) is 18.6. The van der Waals surface area contributed by atoms with Crippen molar-refractivity contribution < 1.29 is 4.74 Å². The Morgan fingerprint density at radius 2 is 1.37 bits per heavy atom. The van der Waals surface area contributed by atoms with E-state index in [2.05, 4.69) is 33.4 Å². The Balaban J connectivity index is 5.16. The van der Waals surface area contributed by atoms with Gasteiger partial charge >= 0.3 is 125 Å². The van der Waals surface area contributed by atoms with Crippen molar-refractivity contribution in [3.05, 3.63) is 22.5 Å². The molecule has 0 heterocycles. The first-order chi connectivity index (χ1) is 9.20. The van der Waals surface area contributed by atoms with Crippen molar-refractivity contribution in [1.29, 1.82) is 0 Å². The summed E-state index contributed by atoms with van der Waals surface area (Å²) in [4.78, 5) is 0. The molecular formula is C17H34OSn. The van der Waals surface area contributed by atoms with Crippen LogP contribution >= 0.6 is 0 Å². The number of rotatable bonds is 12. The van der Waals surface area contributed by atoms with Gasteiger partial charge in [-0.25, -0.2) is 0 Å². The zero-order valence-corrected chi connectivity index (χ0v) is 16.5. The number of ether oxygens (including phenoxy) is 1. The van der Waals surface area contributed by atoms with Crippen LogP contribution in [-0.2, 0) is 4.74 Å². The minimum atomic E-state index is -2.30. The molecule has 0 radical (unpaired) electrons. The molecule has 0 spiro atoms. The second-order valence-electron chi connectivity index (χ2n) is 5.56. The Kier molecular flexibility index (Phi) is 11.9. The van der Waals surface area contributed by atoms with Gasteiger partial charge in [0.15, 0.2) is 0 Å². The van der Waals surface area contributed by atoms with Crippen LogP contribution in [0.1, 0.15) is 59.3 Å². The van der Waals surface area contributed by atoms with Gasteiger partial charge in [0.1, 0.15) is 0 Å². The van der Waals surface area contributed by atoms with E-state index in [1.54, 1.807) is 0 Å². The Bertz CT molecular complexity index is 236. The predicted molar refractivity (Wildman–Crippen MR) is 90.2 cm³/mol. The molecule has 0 atom stereocenters. The number of hydrogen-bond donors (Lipinski definition) is 0. The van der Waals surface area contributed by atoms with E-state index < -0.39 is 18.4 Å². The molecular weight excluding hydrogens is 339 g/mol. The van der Waals surface area contributed by atoms with Gasteiger partial charge in [0.2, 0.25) is 0 Å². The first kappa shape index (κ1) is 19.1. The third-order valence-corrected chi connectivity index (χ3v) is 19.3. The van der Waals surface area contributed by atoms with Crippen molar-refractivity contribution in [1.82, 2.24) is 0 Å². The molecule has 0 unspecified atom stereocenters. The Labute approximate surface area is 125 Å². The van der Waals surface area contributed by atoms with E-state index in [1.807, 2.05) is 13.2 Å². The molecule has 0 amide bonds. The van der Waals surface area contributed by atoms with Crippen LogP contribution < -0.4 is 0 Å². The van der Waals surface area contributed by atoms with E-state index in [1.165, 1.54) is 55.6 Å². The summed E-state index contributed by atoms with van der Waals surface area (Å²) >= 11 is -2.30. The third-order valence-electron chi connectivity index (χ3n) is 4.04. The van der Waals surface area contributed by atoms with Crippen LogP contribution in [0.15, 0.2) is 22.5 Å². The van der Waals surface area contributed by atoms with Crippen molar-refractivity contribution >= 4 is 18.4 Å². The van der Waals surface area contributed by atoms with E-state index in [4.69, 9.17) is 4.74 Å². The van der Waals surface area contributed by atoms with E-state index in [9.17, 15) is 0 Å². The first-order valence-electron chi connectivity index (χ1n) is 8.07. The van der Waals surface area contributed by atoms with Crippen molar-refractivity contribution in [2.75, 3.05) is 7.11 Å². The van der Waals surface area contributed by atoms with E-state index in [-0.39, 0.29) is 0 Å². The Hall–Kier alpha value is 0.0787. The molecule has 112 valence electrons. The Morgan fingerprint density at radius 3 is 1.63 bits per heavy atom. The van der Waals surface area contributed by atoms with Gasteiger partial charge in [-0.05, 0) is 0 Å². The van der Waals surface area contributed by atoms with E-state index in [0.717, 1.165) is 0 Å². The fourth-order valence-electron chi connectivity index (χ4n) is 2.86. The average Bonchev–Trinajstić information content (AvgIpc) is 2.44. The average molecular weight is 373 g/mol. The van der Waals surface area contributed by atoms with Gasteiger partial charge in [0.05, 0.1) is 0 Å². The topological polar surface area (TPSA) is 9.23 Å². The standard InChI is InChI=1S/C5H7O.3C4H9.Sn/c1-3-4-5-6-2;3*1-3-4-2;/h3-4H,1H2,2H3;3*1,3-4H2,2H3;. The monoisotopic (exact) mass is 374 g/mol. The molecule has 0 N–H and O–H groups in total. The second kappa shape index (κ2) is 11.9. The van der Waals surface area contributed by atoms with Crippen LogP contribution in [0.25, 0.3) is 0 Å². The SMILES string of the molecule is C=C/C=[C](/OC)[Sn]([CH2]CCC)([CH2]CCC)[CH2]CCC. The molecule has 0 aliphatic rings. The molecule has 1 nitrogen and oxygen atoms in total. The maximum absolute atomic E-state index is 5.83. The van der Waals surface area contributed by atoms with Gasteiger partial charge < -0.3 is 0 Å². The molecule has 0 fully saturated rings. The minimum absolute atomic E-state index is 1.31. The zero-order valence-electron chi connectivity index (χ0n) is 13.6. The van der Waals surface area contributed by atoms with Crippen LogP contribution in [0.2, 0.25) is 13.3 Å². The summed E-state index contributed by atoms with van der Waals surface area (Å²) in [6.07, 6.45) is 12.2. The van der Waals surface area contributed by atoms with Gasteiger partial charge in [0.25, 0.3) is 0 Å². The van der Waals surface area contributed by atoms with Crippen LogP contribution in [0.3, 0.4) is 0 Å². The van der Waals surface area contributed by atoms with Gasteiger partial charge in [-0.1, -0.05) is 0 Å². The summed E-state index contributed by atoms with van der Waals surface area (Å²) in [5.41, 5.74) is 0.